The Bertz CT molecular complexity index is 498. The molecule has 0 aliphatic carbocycles. The zero-order valence-corrected chi connectivity index (χ0v) is 13.2. The van der Waals surface area contributed by atoms with Gasteiger partial charge in [0.25, 0.3) is 0 Å². The first kappa shape index (κ1) is 16.2. The van der Waals surface area contributed by atoms with Crippen molar-refractivity contribution in [3.8, 4) is 0 Å². The molecule has 1 heterocycles. The Hall–Kier alpha value is -0.810. The number of sulfone groups is 1. The highest BCUT2D eigenvalue weighted by molar-refractivity contribution is 7.92. The maximum absolute atomic E-state index is 12.1. The third-order valence-corrected chi connectivity index (χ3v) is 6.04. The van der Waals surface area contributed by atoms with Crippen LogP contribution in [0.1, 0.15) is 39.8 Å². The van der Waals surface area contributed by atoms with Gasteiger partial charge in [0.15, 0.2) is 9.84 Å². The average Bonchev–Trinajstić information content (AvgIpc) is 2.72. The second-order valence-electron chi connectivity index (χ2n) is 6.00. The Morgan fingerprint density at radius 3 is 2.53 bits per heavy atom. The van der Waals surface area contributed by atoms with Crippen molar-refractivity contribution < 1.29 is 8.42 Å². The Labute approximate surface area is 116 Å². The van der Waals surface area contributed by atoms with Crippen LogP contribution in [0, 0.1) is 0 Å². The van der Waals surface area contributed by atoms with E-state index in [1.165, 1.54) is 0 Å². The van der Waals surface area contributed by atoms with E-state index in [-0.39, 0.29) is 11.8 Å². The first-order valence-corrected chi connectivity index (χ1v) is 8.44. The summed E-state index contributed by atoms with van der Waals surface area (Å²) in [4.78, 5) is 0. The van der Waals surface area contributed by atoms with Crippen molar-refractivity contribution in [1.82, 2.24) is 4.57 Å². The highest BCUT2D eigenvalue weighted by Gasteiger charge is 2.28. The molecule has 0 aliphatic heterocycles. The van der Waals surface area contributed by atoms with Crippen molar-refractivity contribution in [3.63, 3.8) is 0 Å². The summed E-state index contributed by atoms with van der Waals surface area (Å²) >= 11 is 0. The molecule has 19 heavy (non-hydrogen) atoms. The molecule has 0 aliphatic rings. The van der Waals surface area contributed by atoms with Gasteiger partial charge in [-0.05, 0) is 39.3 Å². The van der Waals surface area contributed by atoms with Crippen molar-refractivity contribution in [1.29, 1.82) is 0 Å². The van der Waals surface area contributed by atoms with Gasteiger partial charge >= 0.3 is 0 Å². The minimum absolute atomic E-state index is 0.132. The summed E-state index contributed by atoms with van der Waals surface area (Å²) in [6.45, 7) is 7.78. The molecule has 5 heteroatoms. The van der Waals surface area contributed by atoms with E-state index < -0.39 is 14.6 Å². The maximum atomic E-state index is 12.1. The molecular weight excluding hydrogens is 260 g/mol. The van der Waals surface area contributed by atoms with Crippen molar-refractivity contribution >= 4 is 9.84 Å². The van der Waals surface area contributed by atoms with Crippen LogP contribution in [0.3, 0.4) is 0 Å². The standard InChI is InChI=1S/C14H26N2O2S/c1-5-12(15)11-13-7-6-8-16(13)9-10-19(17,18)14(2,3)4/h6-8,12H,5,9-11,15H2,1-4H3. The van der Waals surface area contributed by atoms with E-state index in [0.717, 1.165) is 18.5 Å². The molecule has 0 saturated heterocycles. The summed E-state index contributed by atoms with van der Waals surface area (Å²) in [7, 11) is -3.08. The lowest BCUT2D eigenvalue weighted by atomic mass is 10.1. The lowest BCUT2D eigenvalue weighted by molar-refractivity contribution is 0.550. The summed E-state index contributed by atoms with van der Waals surface area (Å²) < 4.78 is 25.5. The summed E-state index contributed by atoms with van der Waals surface area (Å²) in [6.07, 6.45) is 3.64. The molecule has 1 rings (SSSR count). The lowest BCUT2D eigenvalue weighted by Gasteiger charge is -2.20. The number of aryl methyl sites for hydroxylation is 1. The van der Waals surface area contributed by atoms with Gasteiger partial charge in [-0.2, -0.15) is 0 Å². The van der Waals surface area contributed by atoms with Gasteiger partial charge in [0.05, 0.1) is 10.5 Å². The molecule has 0 saturated carbocycles. The van der Waals surface area contributed by atoms with E-state index in [1.807, 2.05) is 22.9 Å². The van der Waals surface area contributed by atoms with E-state index in [4.69, 9.17) is 5.73 Å². The Morgan fingerprint density at radius 2 is 2.00 bits per heavy atom. The van der Waals surface area contributed by atoms with E-state index in [1.54, 1.807) is 20.8 Å². The average molecular weight is 286 g/mol. The number of aromatic nitrogens is 1. The third-order valence-electron chi connectivity index (χ3n) is 3.45. The molecule has 1 aromatic heterocycles. The summed E-state index contributed by atoms with van der Waals surface area (Å²) in [5, 5.41) is 0. The molecule has 0 fully saturated rings. The fourth-order valence-corrected chi connectivity index (χ4v) is 2.84. The smallest absolute Gasteiger partial charge is 0.156 e. The summed E-state index contributed by atoms with van der Waals surface area (Å²) in [5.74, 6) is 0.166. The van der Waals surface area contributed by atoms with Crippen LogP contribution in [0.15, 0.2) is 18.3 Å². The van der Waals surface area contributed by atoms with Gasteiger partial charge < -0.3 is 10.3 Å². The van der Waals surface area contributed by atoms with Gasteiger partial charge in [0.1, 0.15) is 0 Å². The molecule has 1 aromatic rings. The van der Waals surface area contributed by atoms with Gasteiger partial charge in [0, 0.05) is 30.9 Å². The van der Waals surface area contributed by atoms with Crippen molar-refractivity contribution in [2.45, 2.75) is 57.9 Å². The van der Waals surface area contributed by atoms with Gasteiger partial charge in [-0.15, -0.1) is 0 Å². The molecule has 0 amide bonds. The number of nitrogens with two attached hydrogens (primary N) is 1. The molecule has 1 unspecified atom stereocenters. The largest absolute Gasteiger partial charge is 0.350 e. The SMILES string of the molecule is CCC(N)Cc1cccn1CCS(=O)(=O)C(C)(C)C. The van der Waals surface area contributed by atoms with E-state index >= 15 is 0 Å². The van der Waals surface area contributed by atoms with E-state index in [2.05, 4.69) is 6.92 Å². The molecule has 0 aromatic carbocycles. The molecular formula is C14H26N2O2S. The zero-order chi connectivity index (χ0) is 14.7. The molecule has 110 valence electrons. The monoisotopic (exact) mass is 286 g/mol. The van der Waals surface area contributed by atoms with Crippen LogP contribution in [0.4, 0.5) is 0 Å². The second kappa shape index (κ2) is 6.09. The molecule has 2 N–H and O–H groups in total. The van der Waals surface area contributed by atoms with Crippen molar-refractivity contribution in [2.24, 2.45) is 5.73 Å². The third kappa shape index (κ3) is 4.35. The minimum Gasteiger partial charge on any atom is -0.350 e. The molecule has 0 radical (unpaired) electrons. The van der Waals surface area contributed by atoms with Crippen LogP contribution >= 0.6 is 0 Å². The first-order valence-electron chi connectivity index (χ1n) is 6.79. The predicted molar refractivity (Wildman–Crippen MR) is 79.9 cm³/mol. The zero-order valence-electron chi connectivity index (χ0n) is 12.4. The topological polar surface area (TPSA) is 65.1 Å². The molecule has 0 spiro atoms. The fraction of sp³-hybridized carbons (Fsp3) is 0.714. The summed E-state index contributed by atoms with van der Waals surface area (Å²) in [6, 6.07) is 4.09. The van der Waals surface area contributed by atoms with Crippen molar-refractivity contribution in [3.05, 3.63) is 24.0 Å². The van der Waals surface area contributed by atoms with Gasteiger partial charge in [-0.1, -0.05) is 6.92 Å². The highest BCUT2D eigenvalue weighted by Crippen LogP contribution is 2.17. The predicted octanol–water partition coefficient (Wildman–Crippen LogP) is 1.98. The maximum Gasteiger partial charge on any atom is 0.156 e. The summed E-state index contributed by atoms with van der Waals surface area (Å²) in [5.41, 5.74) is 7.06. The fourth-order valence-electron chi connectivity index (χ4n) is 1.79. The molecule has 4 nitrogen and oxygen atoms in total. The van der Waals surface area contributed by atoms with Gasteiger partial charge in [-0.3, -0.25) is 0 Å². The van der Waals surface area contributed by atoms with Crippen LogP contribution in [0.25, 0.3) is 0 Å². The van der Waals surface area contributed by atoms with Crippen LogP contribution in [-0.2, 0) is 22.8 Å². The van der Waals surface area contributed by atoms with Crippen molar-refractivity contribution in [2.75, 3.05) is 5.75 Å². The normalized spacial score (nSPS) is 14.6. The van der Waals surface area contributed by atoms with Crippen LogP contribution in [-0.4, -0.2) is 29.5 Å². The number of nitrogens with zero attached hydrogens (tertiary/aromatic N) is 1. The van der Waals surface area contributed by atoms with E-state index in [9.17, 15) is 8.42 Å². The highest BCUT2D eigenvalue weighted by atomic mass is 32.2. The van der Waals surface area contributed by atoms with Crippen LogP contribution < -0.4 is 5.73 Å². The van der Waals surface area contributed by atoms with Gasteiger partial charge in [-0.25, -0.2) is 8.42 Å². The Kier molecular flexibility index (Phi) is 5.21. The van der Waals surface area contributed by atoms with Crippen LogP contribution in [0.2, 0.25) is 0 Å². The number of hydrogen-bond donors (Lipinski definition) is 1. The lowest BCUT2D eigenvalue weighted by Crippen LogP contribution is -2.32. The Morgan fingerprint density at radius 1 is 1.37 bits per heavy atom. The first-order chi connectivity index (χ1) is 8.67. The van der Waals surface area contributed by atoms with Gasteiger partial charge in [0.2, 0.25) is 0 Å². The minimum atomic E-state index is -3.08. The Balaban J connectivity index is 2.72. The molecule has 1 atom stereocenters. The quantitative estimate of drug-likeness (QED) is 0.869. The van der Waals surface area contributed by atoms with E-state index in [0.29, 0.717) is 6.54 Å². The number of rotatable bonds is 6. The molecule has 0 bridgehead atoms. The number of hydrogen-bond acceptors (Lipinski definition) is 3. The van der Waals surface area contributed by atoms with Crippen LogP contribution in [0.5, 0.6) is 0 Å². The second-order valence-corrected chi connectivity index (χ2v) is 8.86.